The Morgan fingerprint density at radius 1 is 1.00 bits per heavy atom. The summed E-state index contributed by atoms with van der Waals surface area (Å²) in [7, 11) is 0. The lowest BCUT2D eigenvalue weighted by Gasteiger charge is -2.28. The van der Waals surface area contributed by atoms with Gasteiger partial charge in [0.05, 0.1) is 6.54 Å². The van der Waals surface area contributed by atoms with E-state index < -0.39 is 30.9 Å². The summed E-state index contributed by atoms with van der Waals surface area (Å²) in [6.07, 6.45) is -12.3. The van der Waals surface area contributed by atoms with Crippen molar-refractivity contribution in [1.29, 1.82) is 0 Å². The molecule has 2 rings (SSSR count). The summed E-state index contributed by atoms with van der Waals surface area (Å²) in [4.78, 5) is 1.25. The fourth-order valence-electron chi connectivity index (χ4n) is 2.46. The zero-order valence-electron chi connectivity index (χ0n) is 14.2. The molecule has 0 aliphatic carbocycles. The van der Waals surface area contributed by atoms with Gasteiger partial charge in [-0.05, 0) is 42.3 Å². The van der Waals surface area contributed by atoms with E-state index in [1.807, 2.05) is 0 Å². The lowest BCUT2D eigenvalue weighted by molar-refractivity contribution is -0.274. The molecule has 0 amide bonds. The van der Waals surface area contributed by atoms with E-state index >= 15 is 0 Å². The Bertz CT molecular complexity index is 760. The number of ether oxygens (including phenoxy) is 1. The summed E-state index contributed by atoms with van der Waals surface area (Å²) in [5, 5.41) is 9.43. The molecule has 0 radical (unpaired) electrons. The van der Waals surface area contributed by atoms with Crippen LogP contribution in [0.1, 0.15) is 11.1 Å². The minimum Gasteiger partial charge on any atom is -0.406 e. The zero-order valence-corrected chi connectivity index (χ0v) is 14.2. The topological polar surface area (TPSA) is 32.7 Å². The Hall–Kier alpha value is -2.42. The predicted molar refractivity (Wildman–Crippen MR) is 87.4 cm³/mol. The van der Waals surface area contributed by atoms with Crippen molar-refractivity contribution in [3.8, 4) is 5.75 Å². The molecule has 2 aromatic rings. The maximum absolute atomic E-state index is 12.8. The predicted octanol–water partition coefficient (Wildman–Crippen LogP) is 4.82. The molecule has 0 saturated carbocycles. The first-order valence-corrected chi connectivity index (χ1v) is 7.85. The molecule has 9 heteroatoms. The van der Waals surface area contributed by atoms with E-state index in [-0.39, 0.29) is 6.54 Å². The standard InChI is InChI=1S/C18H17F6NO2/c1-12-4-2-6-14(8-12)25(11-16(26)17(19,20)21)10-13-5-3-7-15(9-13)27-18(22,23)24/h2-9,16,26H,10-11H2,1H3. The number of aryl methyl sites for hydroxylation is 1. The average Bonchev–Trinajstić information content (AvgIpc) is 2.52. The van der Waals surface area contributed by atoms with Gasteiger partial charge in [0.15, 0.2) is 6.10 Å². The molecular weight excluding hydrogens is 376 g/mol. The van der Waals surface area contributed by atoms with Gasteiger partial charge in [0.1, 0.15) is 5.75 Å². The van der Waals surface area contributed by atoms with Gasteiger partial charge in [0.25, 0.3) is 0 Å². The molecule has 0 bridgehead atoms. The SMILES string of the molecule is Cc1cccc(N(Cc2cccc(OC(F)(F)F)c2)CC(O)C(F)(F)F)c1. The number of hydrogen-bond acceptors (Lipinski definition) is 3. The molecular formula is C18H17F6NO2. The number of rotatable bonds is 6. The summed E-state index contributed by atoms with van der Waals surface area (Å²) < 4.78 is 79.2. The van der Waals surface area contributed by atoms with Crippen LogP contribution in [0.5, 0.6) is 5.75 Å². The third kappa shape index (κ3) is 6.67. The van der Waals surface area contributed by atoms with Crippen LogP contribution in [0, 0.1) is 6.92 Å². The van der Waals surface area contributed by atoms with Crippen LogP contribution in [0.15, 0.2) is 48.5 Å². The molecule has 0 aromatic heterocycles. The van der Waals surface area contributed by atoms with Gasteiger partial charge in [-0.2, -0.15) is 13.2 Å². The lowest BCUT2D eigenvalue weighted by Crippen LogP contribution is -2.40. The molecule has 1 unspecified atom stereocenters. The maximum Gasteiger partial charge on any atom is 0.573 e. The van der Waals surface area contributed by atoms with Crippen molar-refractivity contribution in [3.05, 3.63) is 59.7 Å². The number of nitrogens with zero attached hydrogens (tertiary/aromatic N) is 1. The van der Waals surface area contributed by atoms with Crippen molar-refractivity contribution in [1.82, 2.24) is 0 Å². The molecule has 3 nitrogen and oxygen atoms in total. The Morgan fingerprint density at radius 2 is 1.67 bits per heavy atom. The normalized spacial score (nSPS) is 13.3. The number of aliphatic hydroxyl groups is 1. The highest BCUT2D eigenvalue weighted by Crippen LogP contribution is 2.27. The van der Waals surface area contributed by atoms with Crippen LogP contribution in [-0.2, 0) is 6.54 Å². The highest BCUT2D eigenvalue weighted by atomic mass is 19.4. The second-order valence-corrected chi connectivity index (χ2v) is 5.97. The maximum atomic E-state index is 12.8. The number of aliphatic hydroxyl groups excluding tert-OH is 1. The molecule has 27 heavy (non-hydrogen) atoms. The first-order chi connectivity index (χ1) is 12.4. The molecule has 0 heterocycles. The molecule has 2 aromatic carbocycles. The van der Waals surface area contributed by atoms with Crippen molar-refractivity contribution < 1.29 is 36.2 Å². The Morgan fingerprint density at radius 3 is 2.26 bits per heavy atom. The molecule has 0 saturated heterocycles. The number of hydrogen-bond donors (Lipinski definition) is 1. The van der Waals surface area contributed by atoms with E-state index in [0.717, 1.165) is 17.7 Å². The van der Waals surface area contributed by atoms with Gasteiger partial charge < -0.3 is 14.7 Å². The number of anilines is 1. The fourth-order valence-corrected chi connectivity index (χ4v) is 2.46. The van der Waals surface area contributed by atoms with Crippen molar-refractivity contribution >= 4 is 5.69 Å². The third-order valence-electron chi connectivity index (χ3n) is 3.64. The van der Waals surface area contributed by atoms with E-state index in [0.29, 0.717) is 11.3 Å². The van der Waals surface area contributed by atoms with E-state index in [2.05, 4.69) is 4.74 Å². The summed E-state index contributed by atoms with van der Waals surface area (Å²) >= 11 is 0. The van der Waals surface area contributed by atoms with E-state index in [1.54, 1.807) is 31.2 Å². The van der Waals surface area contributed by atoms with Gasteiger partial charge in [-0.1, -0.05) is 24.3 Å². The van der Waals surface area contributed by atoms with Crippen LogP contribution in [-0.4, -0.2) is 30.3 Å². The van der Waals surface area contributed by atoms with E-state index in [1.165, 1.54) is 17.0 Å². The van der Waals surface area contributed by atoms with Crippen LogP contribution < -0.4 is 9.64 Å². The van der Waals surface area contributed by atoms with Gasteiger partial charge in [0.2, 0.25) is 0 Å². The lowest BCUT2D eigenvalue weighted by atomic mass is 10.1. The summed E-state index contributed by atoms with van der Waals surface area (Å²) in [5.74, 6) is -0.472. The van der Waals surface area contributed by atoms with Gasteiger partial charge >= 0.3 is 12.5 Å². The van der Waals surface area contributed by atoms with Crippen LogP contribution in [0.2, 0.25) is 0 Å². The first-order valence-electron chi connectivity index (χ1n) is 7.85. The van der Waals surface area contributed by atoms with Gasteiger partial charge in [-0.3, -0.25) is 0 Å². The van der Waals surface area contributed by atoms with Crippen LogP contribution >= 0.6 is 0 Å². The monoisotopic (exact) mass is 393 g/mol. The van der Waals surface area contributed by atoms with Crippen molar-refractivity contribution in [2.45, 2.75) is 32.1 Å². The van der Waals surface area contributed by atoms with Crippen LogP contribution in [0.25, 0.3) is 0 Å². The fraction of sp³-hybridized carbons (Fsp3) is 0.333. The quantitative estimate of drug-likeness (QED) is 0.714. The highest BCUT2D eigenvalue weighted by molar-refractivity contribution is 5.49. The summed E-state index contributed by atoms with van der Waals surface area (Å²) in [6.45, 7) is 0.836. The van der Waals surface area contributed by atoms with Gasteiger partial charge in [-0.25, -0.2) is 0 Å². The highest BCUT2D eigenvalue weighted by Gasteiger charge is 2.39. The number of benzene rings is 2. The van der Waals surface area contributed by atoms with Crippen LogP contribution in [0.4, 0.5) is 32.0 Å². The van der Waals surface area contributed by atoms with Gasteiger partial charge in [0, 0.05) is 12.2 Å². The van der Waals surface area contributed by atoms with Crippen molar-refractivity contribution in [2.24, 2.45) is 0 Å². The number of alkyl halides is 6. The molecule has 1 N–H and O–H groups in total. The molecule has 0 fully saturated rings. The third-order valence-corrected chi connectivity index (χ3v) is 3.64. The van der Waals surface area contributed by atoms with E-state index in [4.69, 9.17) is 0 Å². The largest absolute Gasteiger partial charge is 0.573 e. The Kier molecular flexibility index (Phi) is 6.25. The summed E-state index contributed by atoms with van der Waals surface area (Å²) in [5.41, 5.74) is 1.49. The minimum absolute atomic E-state index is 0.147. The molecule has 0 spiro atoms. The second-order valence-electron chi connectivity index (χ2n) is 5.97. The molecule has 1 atom stereocenters. The molecule has 148 valence electrons. The molecule has 0 aliphatic rings. The van der Waals surface area contributed by atoms with Crippen LogP contribution in [0.3, 0.4) is 0 Å². The smallest absolute Gasteiger partial charge is 0.406 e. The van der Waals surface area contributed by atoms with Gasteiger partial charge in [-0.15, -0.1) is 13.2 Å². The Labute approximate surface area is 151 Å². The Balaban J connectivity index is 2.28. The van der Waals surface area contributed by atoms with Crippen molar-refractivity contribution in [3.63, 3.8) is 0 Å². The average molecular weight is 393 g/mol. The second kappa shape index (κ2) is 8.08. The zero-order chi connectivity index (χ0) is 20.2. The first kappa shape index (κ1) is 20.9. The number of halogens is 6. The van der Waals surface area contributed by atoms with E-state index in [9.17, 15) is 31.4 Å². The minimum atomic E-state index is -4.87. The van der Waals surface area contributed by atoms with Crippen molar-refractivity contribution in [2.75, 3.05) is 11.4 Å². The summed E-state index contributed by atoms with van der Waals surface area (Å²) in [6, 6.07) is 11.5. The molecule has 0 aliphatic heterocycles.